The van der Waals surface area contributed by atoms with Gasteiger partial charge in [-0.2, -0.15) is 0 Å². The van der Waals surface area contributed by atoms with Crippen molar-refractivity contribution in [2.75, 3.05) is 0 Å². The molecular formula is C4H6N2O2. The van der Waals surface area contributed by atoms with Crippen molar-refractivity contribution in [3.63, 3.8) is 0 Å². The fourth-order valence-corrected chi connectivity index (χ4v) is 0.418. The summed E-state index contributed by atoms with van der Waals surface area (Å²) in [7, 11) is 0. The van der Waals surface area contributed by atoms with Crippen LogP contribution in [0, 0.1) is 0 Å². The Hall–Kier alpha value is -1.03. The normalized spacial score (nSPS) is 9.62. The molecule has 0 atom stereocenters. The summed E-state index contributed by atoms with van der Waals surface area (Å²) in [5.74, 6) is 0. The Bertz CT molecular complexity index is 212. The average Bonchev–Trinajstić information content (AvgIpc) is 2.14. The van der Waals surface area contributed by atoms with E-state index in [9.17, 15) is 4.79 Å². The van der Waals surface area contributed by atoms with Crippen LogP contribution in [0.25, 0.3) is 0 Å². The molecule has 0 saturated heterocycles. The van der Waals surface area contributed by atoms with Gasteiger partial charge in [-0.1, -0.05) is 0 Å². The summed E-state index contributed by atoms with van der Waals surface area (Å²) >= 11 is 0. The summed E-state index contributed by atoms with van der Waals surface area (Å²) in [6.07, 6.45) is 0. The Balaban J connectivity index is 3.01. The second kappa shape index (κ2) is 1.83. The van der Waals surface area contributed by atoms with E-state index in [1.54, 1.807) is 0 Å². The smallest absolute Gasteiger partial charge is 0.339 e. The van der Waals surface area contributed by atoms with Gasteiger partial charge in [0.1, 0.15) is 0 Å². The molecule has 1 heterocycles. The predicted molar refractivity (Wildman–Crippen MR) is 27.2 cm³/mol. The molecule has 0 aliphatic heterocycles. The first-order valence-corrected chi connectivity index (χ1v) is 2.20. The van der Waals surface area contributed by atoms with E-state index in [1.807, 2.05) is 0 Å². The van der Waals surface area contributed by atoms with Crippen molar-refractivity contribution >= 4 is 0 Å². The summed E-state index contributed by atoms with van der Waals surface area (Å²) < 4.78 is 4.29. The van der Waals surface area contributed by atoms with Crippen molar-refractivity contribution in [3.8, 4) is 0 Å². The number of aromatic nitrogens is 1. The fourth-order valence-electron chi connectivity index (χ4n) is 0.418. The van der Waals surface area contributed by atoms with Gasteiger partial charge >= 0.3 is 5.63 Å². The van der Waals surface area contributed by atoms with Crippen molar-refractivity contribution in [1.82, 2.24) is 5.16 Å². The maximum absolute atomic E-state index is 10.2. The zero-order valence-corrected chi connectivity index (χ0v) is 4.18. The van der Waals surface area contributed by atoms with Gasteiger partial charge < -0.3 is 10.3 Å². The van der Waals surface area contributed by atoms with Gasteiger partial charge in [-0.3, -0.25) is 0 Å². The van der Waals surface area contributed by atoms with Crippen molar-refractivity contribution in [1.29, 1.82) is 0 Å². The highest BCUT2D eigenvalue weighted by Gasteiger charge is 1.91. The van der Waals surface area contributed by atoms with E-state index in [0.29, 0.717) is 12.2 Å². The molecule has 0 spiro atoms. The Kier molecular flexibility index (Phi) is 1.17. The average molecular weight is 114 g/mol. The molecule has 1 aromatic rings. The monoisotopic (exact) mass is 114 g/mol. The van der Waals surface area contributed by atoms with E-state index in [1.165, 1.54) is 6.07 Å². The standard InChI is InChI=1S/C4H6N2O2/c5-2-3-1-4(7)8-6-3/h1,6H,2,5H2. The molecular weight excluding hydrogens is 108 g/mol. The van der Waals surface area contributed by atoms with Gasteiger partial charge in [0.15, 0.2) is 0 Å². The molecule has 0 saturated carbocycles. The number of hydrogen-bond acceptors (Lipinski definition) is 3. The number of aromatic amines is 1. The number of H-pyrrole nitrogens is 1. The molecule has 0 aliphatic carbocycles. The van der Waals surface area contributed by atoms with Crippen LogP contribution in [0.5, 0.6) is 0 Å². The molecule has 3 N–H and O–H groups in total. The van der Waals surface area contributed by atoms with Crippen molar-refractivity contribution in [2.24, 2.45) is 5.73 Å². The van der Waals surface area contributed by atoms with Gasteiger partial charge in [-0.25, -0.2) is 9.95 Å². The molecule has 0 fully saturated rings. The predicted octanol–water partition coefficient (Wildman–Crippen LogP) is -0.573. The Labute approximate surface area is 45.3 Å². The SMILES string of the molecule is NCc1cc(=O)o[nH]1. The van der Waals surface area contributed by atoms with E-state index in [2.05, 4.69) is 9.68 Å². The molecule has 4 heteroatoms. The van der Waals surface area contributed by atoms with Crippen LogP contribution in [-0.2, 0) is 6.54 Å². The summed E-state index contributed by atoms with van der Waals surface area (Å²) in [6, 6.07) is 1.32. The van der Waals surface area contributed by atoms with Crippen LogP contribution >= 0.6 is 0 Å². The molecule has 1 rings (SSSR count). The van der Waals surface area contributed by atoms with Crippen LogP contribution in [0.2, 0.25) is 0 Å². The second-order valence-corrected chi connectivity index (χ2v) is 1.40. The minimum atomic E-state index is -0.384. The topological polar surface area (TPSA) is 72.0 Å². The zero-order chi connectivity index (χ0) is 5.98. The molecule has 44 valence electrons. The maximum Gasteiger partial charge on any atom is 0.357 e. The lowest BCUT2D eigenvalue weighted by molar-refractivity contribution is 0.385. The fraction of sp³-hybridized carbons (Fsp3) is 0.250. The number of nitrogens with one attached hydrogen (secondary N) is 1. The highest BCUT2D eigenvalue weighted by atomic mass is 16.5. The van der Waals surface area contributed by atoms with Crippen LogP contribution in [0.1, 0.15) is 5.69 Å². The van der Waals surface area contributed by atoms with Crippen molar-refractivity contribution < 1.29 is 4.52 Å². The molecule has 0 aliphatic rings. The minimum Gasteiger partial charge on any atom is -0.339 e. The van der Waals surface area contributed by atoms with Gasteiger partial charge in [0.25, 0.3) is 0 Å². The molecule has 0 radical (unpaired) electrons. The summed E-state index contributed by atoms with van der Waals surface area (Å²) in [4.78, 5) is 10.2. The van der Waals surface area contributed by atoms with E-state index < -0.39 is 0 Å². The molecule has 0 unspecified atom stereocenters. The van der Waals surface area contributed by atoms with Gasteiger partial charge in [0.2, 0.25) is 0 Å². The van der Waals surface area contributed by atoms with Crippen LogP contribution in [-0.4, -0.2) is 5.16 Å². The van der Waals surface area contributed by atoms with E-state index >= 15 is 0 Å². The lowest BCUT2D eigenvalue weighted by Crippen LogP contribution is -1.95. The van der Waals surface area contributed by atoms with Crippen molar-refractivity contribution in [3.05, 3.63) is 22.2 Å². The largest absolute Gasteiger partial charge is 0.357 e. The second-order valence-electron chi connectivity index (χ2n) is 1.40. The highest BCUT2D eigenvalue weighted by molar-refractivity contribution is 4.93. The quantitative estimate of drug-likeness (QED) is 0.513. The lowest BCUT2D eigenvalue weighted by Gasteiger charge is -1.78. The Morgan fingerprint density at radius 3 is 2.88 bits per heavy atom. The molecule has 0 aromatic carbocycles. The third-order valence-electron chi connectivity index (χ3n) is 0.795. The zero-order valence-electron chi connectivity index (χ0n) is 4.18. The summed E-state index contributed by atoms with van der Waals surface area (Å²) in [5, 5.41) is 2.34. The lowest BCUT2D eigenvalue weighted by atomic mass is 10.4. The molecule has 4 nitrogen and oxygen atoms in total. The third kappa shape index (κ3) is 0.788. The van der Waals surface area contributed by atoms with Gasteiger partial charge in [-0.05, 0) is 0 Å². The van der Waals surface area contributed by atoms with Gasteiger partial charge in [-0.15, -0.1) is 0 Å². The van der Waals surface area contributed by atoms with Crippen LogP contribution in [0.3, 0.4) is 0 Å². The number of hydrogen-bond donors (Lipinski definition) is 2. The summed E-state index contributed by atoms with van der Waals surface area (Å²) in [5.41, 5.74) is 5.37. The third-order valence-corrected chi connectivity index (χ3v) is 0.795. The van der Waals surface area contributed by atoms with Crippen molar-refractivity contribution in [2.45, 2.75) is 6.54 Å². The highest BCUT2D eigenvalue weighted by Crippen LogP contribution is 1.82. The molecule has 0 bridgehead atoms. The van der Waals surface area contributed by atoms with Gasteiger partial charge in [0.05, 0.1) is 5.69 Å². The van der Waals surface area contributed by atoms with Gasteiger partial charge in [0, 0.05) is 12.6 Å². The van der Waals surface area contributed by atoms with E-state index in [4.69, 9.17) is 5.73 Å². The number of nitrogens with two attached hydrogens (primary N) is 1. The first-order chi connectivity index (χ1) is 3.83. The Morgan fingerprint density at radius 2 is 2.62 bits per heavy atom. The minimum absolute atomic E-state index is 0.311. The first kappa shape index (κ1) is 5.11. The molecule has 0 amide bonds. The Morgan fingerprint density at radius 1 is 1.88 bits per heavy atom. The molecule has 1 aromatic heterocycles. The first-order valence-electron chi connectivity index (χ1n) is 2.20. The summed E-state index contributed by atoms with van der Waals surface area (Å²) in [6.45, 7) is 0.311. The van der Waals surface area contributed by atoms with E-state index in [-0.39, 0.29) is 5.63 Å². The maximum atomic E-state index is 10.2. The number of rotatable bonds is 1. The van der Waals surface area contributed by atoms with Crippen LogP contribution < -0.4 is 11.4 Å². The van der Waals surface area contributed by atoms with E-state index in [0.717, 1.165) is 0 Å². The van der Waals surface area contributed by atoms with Crippen LogP contribution in [0.15, 0.2) is 15.4 Å². The molecule has 8 heavy (non-hydrogen) atoms. The van der Waals surface area contributed by atoms with Crippen LogP contribution in [0.4, 0.5) is 0 Å².